The highest BCUT2D eigenvalue weighted by Gasteiger charge is 2.15. The highest BCUT2D eigenvalue weighted by Crippen LogP contribution is 2.31. The lowest BCUT2D eigenvalue weighted by atomic mass is 10.1. The molecule has 0 radical (unpaired) electrons. The molecule has 1 heterocycles. The van der Waals surface area contributed by atoms with Gasteiger partial charge in [0.25, 0.3) is 0 Å². The van der Waals surface area contributed by atoms with Gasteiger partial charge in [0, 0.05) is 22.7 Å². The van der Waals surface area contributed by atoms with Crippen LogP contribution in [0.5, 0.6) is 0 Å². The minimum absolute atomic E-state index is 0.378. The van der Waals surface area contributed by atoms with Gasteiger partial charge in [-0.3, -0.25) is 0 Å². The van der Waals surface area contributed by atoms with Crippen molar-refractivity contribution >= 4 is 52.6 Å². The summed E-state index contributed by atoms with van der Waals surface area (Å²) in [5, 5.41) is 14.0. The smallest absolute Gasteiger partial charge is 0.338 e. The maximum absolute atomic E-state index is 11.9. The fourth-order valence-electron chi connectivity index (χ4n) is 2.46. The zero-order chi connectivity index (χ0) is 20.6. The fourth-order valence-corrected chi connectivity index (χ4v) is 4.46. The van der Waals surface area contributed by atoms with E-state index in [1.165, 1.54) is 30.4 Å². The summed E-state index contributed by atoms with van der Waals surface area (Å²) in [5.41, 5.74) is 2.76. The molecule has 3 aromatic rings. The van der Waals surface area contributed by atoms with Gasteiger partial charge in [0.15, 0.2) is 0 Å². The Morgan fingerprint density at radius 1 is 1.31 bits per heavy atom. The van der Waals surface area contributed by atoms with Crippen LogP contribution in [0.4, 0.5) is 5.69 Å². The first kappa shape index (κ1) is 20.9. The summed E-state index contributed by atoms with van der Waals surface area (Å²) in [6.45, 7) is 0. The summed E-state index contributed by atoms with van der Waals surface area (Å²) in [6, 6.07) is 16.8. The lowest BCUT2D eigenvalue weighted by Gasteiger charge is -2.06. The Morgan fingerprint density at radius 3 is 2.79 bits per heavy atom. The second-order valence-electron chi connectivity index (χ2n) is 5.76. The predicted molar refractivity (Wildman–Crippen MR) is 118 cm³/mol. The number of nitriles is 1. The molecule has 0 atom stereocenters. The van der Waals surface area contributed by atoms with Gasteiger partial charge < -0.3 is 10.1 Å². The number of rotatable bonds is 7. The number of ether oxygens (including phenoxy) is 1. The average molecular weight is 442 g/mol. The Bertz CT molecular complexity index is 1070. The Morgan fingerprint density at radius 2 is 2.07 bits per heavy atom. The van der Waals surface area contributed by atoms with Gasteiger partial charge in [0.05, 0.1) is 17.6 Å². The summed E-state index contributed by atoms with van der Waals surface area (Å²) < 4.78 is 9.23. The van der Waals surface area contributed by atoms with E-state index in [1.54, 1.807) is 30.5 Å². The molecule has 0 unspecified atom stereocenters. The number of hydrogen-bond acceptors (Lipinski definition) is 7. The van der Waals surface area contributed by atoms with E-state index in [0.29, 0.717) is 26.9 Å². The van der Waals surface area contributed by atoms with Crippen LogP contribution in [-0.4, -0.2) is 17.5 Å². The molecule has 146 valence electrons. The van der Waals surface area contributed by atoms with Gasteiger partial charge in [-0.2, -0.15) is 9.64 Å². The summed E-state index contributed by atoms with van der Waals surface area (Å²) in [5.74, 6) is 0.132. The van der Waals surface area contributed by atoms with E-state index in [9.17, 15) is 10.1 Å². The molecule has 0 aliphatic heterocycles. The first-order valence-electron chi connectivity index (χ1n) is 8.50. The van der Waals surface area contributed by atoms with Crippen LogP contribution in [-0.2, 0) is 10.5 Å². The molecule has 0 bridgehead atoms. The van der Waals surface area contributed by atoms with E-state index >= 15 is 0 Å². The number of esters is 1. The number of nitrogens with zero attached hydrogens (tertiary/aromatic N) is 2. The lowest BCUT2D eigenvalue weighted by molar-refractivity contribution is 0.0600. The number of thioether (sulfide) groups is 1. The predicted octanol–water partition coefficient (Wildman–Crippen LogP) is 5.83. The van der Waals surface area contributed by atoms with E-state index < -0.39 is 0 Å². The number of nitrogens with one attached hydrogen (secondary N) is 1. The molecule has 5 nitrogen and oxygen atoms in total. The van der Waals surface area contributed by atoms with Crippen LogP contribution in [0.25, 0.3) is 6.08 Å². The number of benzene rings is 2. The Balaban J connectivity index is 1.70. The van der Waals surface area contributed by atoms with Crippen LogP contribution in [0.1, 0.15) is 26.4 Å². The zero-order valence-electron chi connectivity index (χ0n) is 15.4. The second kappa shape index (κ2) is 10.1. The first-order valence-corrected chi connectivity index (χ1v) is 10.6. The fraction of sp³-hybridized carbons (Fsp3) is 0.0952. The number of aromatic nitrogens is 1. The van der Waals surface area contributed by atoms with Gasteiger partial charge in [-0.05, 0) is 53.5 Å². The largest absolute Gasteiger partial charge is 0.465 e. The van der Waals surface area contributed by atoms with Gasteiger partial charge in [-0.1, -0.05) is 41.6 Å². The molecule has 0 saturated heterocycles. The number of carbonyl (C=O) groups is 1. The standard InChI is InChI=1S/C21H16ClN3O2S2/c1-27-21(26)17-5-3-2-4-14(17)13-28-20-18(12-23)19(29-25-20)10-11-24-16-8-6-15(22)7-9-16/h2-11,24H,13H2,1H3/b11-10+. The molecule has 0 amide bonds. The maximum Gasteiger partial charge on any atom is 0.338 e. The van der Waals surface area contributed by atoms with Crippen molar-refractivity contribution in [3.05, 3.63) is 81.3 Å². The number of methoxy groups -OCH3 is 1. The van der Waals surface area contributed by atoms with Crippen molar-refractivity contribution in [3.63, 3.8) is 0 Å². The molecule has 0 fully saturated rings. The molecule has 8 heteroatoms. The Labute approximate surface area is 182 Å². The third kappa shape index (κ3) is 5.39. The van der Waals surface area contributed by atoms with Crippen molar-refractivity contribution in [3.8, 4) is 6.07 Å². The Hall–Kier alpha value is -2.79. The third-order valence-corrected chi connectivity index (χ3v) is 6.12. The quantitative estimate of drug-likeness (QED) is 0.367. The summed E-state index contributed by atoms with van der Waals surface area (Å²) in [6.07, 6.45) is 3.58. The van der Waals surface area contributed by atoms with E-state index in [0.717, 1.165) is 16.1 Å². The zero-order valence-corrected chi connectivity index (χ0v) is 17.8. The van der Waals surface area contributed by atoms with Crippen LogP contribution in [0.3, 0.4) is 0 Å². The van der Waals surface area contributed by atoms with Gasteiger partial charge >= 0.3 is 5.97 Å². The number of carbonyl (C=O) groups excluding carboxylic acids is 1. The SMILES string of the molecule is COC(=O)c1ccccc1CSc1nsc(/C=C/Nc2ccc(Cl)cc2)c1C#N. The molecule has 0 aliphatic rings. The monoisotopic (exact) mass is 441 g/mol. The van der Waals surface area contributed by atoms with E-state index in [2.05, 4.69) is 15.8 Å². The van der Waals surface area contributed by atoms with Crippen molar-refractivity contribution < 1.29 is 9.53 Å². The molecular weight excluding hydrogens is 426 g/mol. The van der Waals surface area contributed by atoms with Crippen LogP contribution in [0.15, 0.2) is 59.8 Å². The molecule has 1 N–H and O–H groups in total. The van der Waals surface area contributed by atoms with E-state index in [1.807, 2.05) is 30.3 Å². The minimum atomic E-state index is -0.378. The lowest BCUT2D eigenvalue weighted by Crippen LogP contribution is -2.04. The summed E-state index contributed by atoms with van der Waals surface area (Å²) in [7, 11) is 1.36. The van der Waals surface area contributed by atoms with Crippen LogP contribution in [0, 0.1) is 11.3 Å². The van der Waals surface area contributed by atoms with E-state index in [-0.39, 0.29) is 5.97 Å². The maximum atomic E-state index is 11.9. The van der Waals surface area contributed by atoms with Gasteiger partial charge in [-0.25, -0.2) is 4.79 Å². The molecule has 3 rings (SSSR count). The van der Waals surface area contributed by atoms with Crippen molar-refractivity contribution in [1.82, 2.24) is 4.37 Å². The van der Waals surface area contributed by atoms with Crippen LogP contribution >= 0.6 is 34.9 Å². The molecule has 2 aromatic carbocycles. The van der Waals surface area contributed by atoms with Crippen molar-refractivity contribution in [1.29, 1.82) is 5.26 Å². The highest BCUT2D eigenvalue weighted by atomic mass is 35.5. The molecule has 0 saturated carbocycles. The Kier molecular flexibility index (Phi) is 7.30. The minimum Gasteiger partial charge on any atom is -0.465 e. The number of halogens is 1. The first-order chi connectivity index (χ1) is 14.1. The summed E-state index contributed by atoms with van der Waals surface area (Å²) >= 11 is 8.55. The normalized spacial score (nSPS) is 10.7. The molecule has 29 heavy (non-hydrogen) atoms. The molecule has 0 spiro atoms. The van der Waals surface area contributed by atoms with Gasteiger partial charge in [0.1, 0.15) is 16.7 Å². The highest BCUT2D eigenvalue weighted by molar-refractivity contribution is 7.98. The van der Waals surface area contributed by atoms with Crippen molar-refractivity contribution in [2.75, 3.05) is 12.4 Å². The van der Waals surface area contributed by atoms with Gasteiger partial charge in [-0.15, -0.1) is 0 Å². The molecular formula is C21H16ClN3O2S2. The molecule has 1 aromatic heterocycles. The molecule has 0 aliphatic carbocycles. The number of anilines is 1. The van der Waals surface area contributed by atoms with Crippen LogP contribution < -0.4 is 5.32 Å². The van der Waals surface area contributed by atoms with Crippen LogP contribution in [0.2, 0.25) is 5.02 Å². The topological polar surface area (TPSA) is 75.0 Å². The van der Waals surface area contributed by atoms with Crippen molar-refractivity contribution in [2.24, 2.45) is 0 Å². The average Bonchev–Trinajstić information content (AvgIpc) is 3.15. The van der Waals surface area contributed by atoms with E-state index in [4.69, 9.17) is 16.3 Å². The summed E-state index contributed by atoms with van der Waals surface area (Å²) in [4.78, 5) is 12.7. The number of hydrogen-bond donors (Lipinski definition) is 1. The third-order valence-electron chi connectivity index (χ3n) is 3.91. The van der Waals surface area contributed by atoms with Crippen molar-refractivity contribution in [2.45, 2.75) is 10.8 Å². The van der Waals surface area contributed by atoms with Gasteiger partial charge in [0.2, 0.25) is 0 Å². The second-order valence-corrected chi connectivity index (χ2v) is 7.97.